The second kappa shape index (κ2) is 15.3. The van der Waals surface area contributed by atoms with Gasteiger partial charge in [0.1, 0.15) is 5.92 Å². The molecule has 2 atom stereocenters. The average Bonchev–Trinajstić information content (AvgIpc) is 3.07. The third-order valence-corrected chi connectivity index (χ3v) is 9.18. The lowest BCUT2D eigenvalue weighted by molar-refractivity contribution is -0.384. The van der Waals surface area contributed by atoms with E-state index in [1.54, 1.807) is 26.0 Å². The van der Waals surface area contributed by atoms with Crippen LogP contribution in [0, 0.1) is 16.0 Å². The quantitative estimate of drug-likeness (QED) is 0.105. The topological polar surface area (TPSA) is 111 Å². The van der Waals surface area contributed by atoms with Crippen molar-refractivity contribution in [3.05, 3.63) is 123 Å². The van der Waals surface area contributed by atoms with Crippen LogP contribution in [0.4, 0.5) is 5.69 Å². The minimum atomic E-state index is -0.856. The molecule has 2 aliphatic heterocycles. The molecular weight excluding hydrogens is 606 g/mol. The van der Waals surface area contributed by atoms with E-state index in [2.05, 4.69) is 70.6 Å². The fourth-order valence-corrected chi connectivity index (χ4v) is 6.85. The van der Waals surface area contributed by atoms with E-state index in [1.807, 2.05) is 0 Å². The molecule has 0 radical (unpaired) electrons. The Labute approximate surface area is 275 Å². The molecule has 9 nitrogen and oxygen atoms in total. The molecule has 3 aromatic carbocycles. The summed E-state index contributed by atoms with van der Waals surface area (Å²) in [5.41, 5.74) is 4.36. The van der Waals surface area contributed by atoms with Gasteiger partial charge in [0.2, 0.25) is 0 Å². The van der Waals surface area contributed by atoms with Crippen LogP contribution >= 0.6 is 12.4 Å². The van der Waals surface area contributed by atoms with Crippen molar-refractivity contribution < 1.29 is 24.0 Å². The first kappa shape index (κ1) is 34.5. The van der Waals surface area contributed by atoms with Gasteiger partial charge in [0.25, 0.3) is 5.69 Å². The van der Waals surface area contributed by atoms with E-state index in [4.69, 9.17) is 9.47 Å². The van der Waals surface area contributed by atoms with Gasteiger partial charge >= 0.3 is 11.9 Å². The normalized spacial score (nSPS) is 19.4. The van der Waals surface area contributed by atoms with Gasteiger partial charge in [-0.1, -0.05) is 72.8 Å². The number of allylic oxidation sites excluding steroid dienone is 1. The summed E-state index contributed by atoms with van der Waals surface area (Å²) in [6.45, 7) is 6.30. The number of non-ortho nitro benzene ring substituents is 1. The van der Waals surface area contributed by atoms with Crippen LogP contribution in [0.1, 0.15) is 55.7 Å². The van der Waals surface area contributed by atoms with Crippen LogP contribution in [0.25, 0.3) is 0 Å². The highest BCUT2D eigenvalue weighted by molar-refractivity contribution is 6.07. The van der Waals surface area contributed by atoms with E-state index in [-0.39, 0.29) is 35.7 Å². The smallest absolute Gasteiger partial charge is 0.336 e. The first-order valence-electron chi connectivity index (χ1n) is 15.3. The molecule has 242 valence electrons. The first-order valence-corrected chi connectivity index (χ1v) is 15.3. The van der Waals surface area contributed by atoms with Crippen LogP contribution in [0.3, 0.4) is 0 Å². The number of benzene rings is 3. The summed E-state index contributed by atoms with van der Waals surface area (Å²) in [6.07, 6.45) is 2.65. The zero-order valence-electron chi connectivity index (χ0n) is 26.4. The van der Waals surface area contributed by atoms with Crippen LogP contribution in [0.15, 0.2) is 101 Å². The van der Waals surface area contributed by atoms with Crippen LogP contribution in [0.2, 0.25) is 0 Å². The lowest BCUT2D eigenvalue weighted by atomic mass is 9.68. The van der Waals surface area contributed by atoms with E-state index in [9.17, 15) is 19.7 Å². The number of hydrogen-bond acceptors (Lipinski definition) is 8. The van der Waals surface area contributed by atoms with Crippen molar-refractivity contribution >= 4 is 35.7 Å². The third-order valence-electron chi connectivity index (χ3n) is 9.18. The molecule has 10 heteroatoms. The number of likely N-dealkylation sites (tertiary alicyclic amines) is 1. The van der Waals surface area contributed by atoms with E-state index in [0.717, 1.165) is 32.5 Å². The minimum absolute atomic E-state index is 0. The second-order valence-corrected chi connectivity index (χ2v) is 11.7. The van der Waals surface area contributed by atoms with Crippen molar-refractivity contribution in [1.29, 1.82) is 0 Å². The number of ether oxygens (including phenoxy) is 2. The highest BCUT2D eigenvalue weighted by Gasteiger charge is 2.42. The van der Waals surface area contributed by atoms with Crippen molar-refractivity contribution in [3.63, 3.8) is 0 Å². The van der Waals surface area contributed by atoms with Gasteiger partial charge in [-0.3, -0.25) is 19.9 Å². The number of aliphatic imine (C=N–C) groups is 1. The Morgan fingerprint density at radius 2 is 1.50 bits per heavy atom. The van der Waals surface area contributed by atoms with Gasteiger partial charge in [0, 0.05) is 41.4 Å². The Morgan fingerprint density at radius 1 is 0.935 bits per heavy atom. The van der Waals surface area contributed by atoms with Gasteiger partial charge in [0.05, 0.1) is 24.2 Å². The second-order valence-electron chi connectivity index (χ2n) is 11.7. The molecule has 0 bridgehead atoms. The highest BCUT2D eigenvalue weighted by Crippen LogP contribution is 2.42. The number of methoxy groups -OCH3 is 1. The van der Waals surface area contributed by atoms with Crippen molar-refractivity contribution in [2.75, 3.05) is 33.4 Å². The summed E-state index contributed by atoms with van der Waals surface area (Å²) < 4.78 is 10.8. The Bertz CT molecular complexity index is 1540. The van der Waals surface area contributed by atoms with E-state index in [0.29, 0.717) is 23.4 Å². The lowest BCUT2D eigenvalue weighted by Crippen LogP contribution is -2.43. The minimum Gasteiger partial charge on any atom is -0.468 e. The summed E-state index contributed by atoms with van der Waals surface area (Å²) in [7, 11) is 1.29. The predicted octanol–water partition coefficient (Wildman–Crippen LogP) is 6.65. The monoisotopic (exact) mass is 645 g/mol. The number of esters is 2. The molecule has 5 rings (SSSR count). The molecule has 46 heavy (non-hydrogen) atoms. The van der Waals surface area contributed by atoms with Crippen molar-refractivity contribution in [3.8, 4) is 0 Å². The molecule has 2 aliphatic rings. The molecule has 3 aromatic rings. The predicted molar refractivity (Wildman–Crippen MR) is 179 cm³/mol. The van der Waals surface area contributed by atoms with Gasteiger partial charge in [-0.15, -0.1) is 12.4 Å². The molecule has 2 heterocycles. The van der Waals surface area contributed by atoms with Crippen molar-refractivity contribution in [2.24, 2.45) is 10.9 Å². The maximum absolute atomic E-state index is 13.6. The highest BCUT2D eigenvalue weighted by atomic mass is 35.5. The Kier molecular flexibility index (Phi) is 11.5. The number of nitrogens with zero attached hydrogens (tertiary/aromatic N) is 3. The van der Waals surface area contributed by atoms with Crippen molar-refractivity contribution in [1.82, 2.24) is 4.90 Å². The zero-order valence-corrected chi connectivity index (χ0v) is 27.2. The standard InChI is InChI=1S/C36H39N3O6.ClH/c1-25-31(34(40)44-3)33(27-15-17-30(18-16-27)39(42)43)32(26(2)37-25)35(41)45-24-10-21-38-22-19-36(20-23-38,28-11-6-4-7-12-28)29-13-8-5-9-14-29;/h4-9,11-18,31,33H,10,19-24H2,1-3H3;1H. The molecule has 0 aromatic heterocycles. The SMILES string of the molecule is COC(=O)C1C(C)=NC(C)=C(C(=O)OCCCN2CCC(c3ccccc3)(c3ccccc3)CC2)C1c1ccc([N+](=O)[O-])cc1.Cl. The van der Waals surface area contributed by atoms with Crippen LogP contribution in [0.5, 0.6) is 0 Å². The van der Waals surface area contributed by atoms with Crippen LogP contribution in [-0.4, -0.2) is 60.8 Å². The molecule has 0 spiro atoms. The van der Waals surface area contributed by atoms with Gasteiger partial charge in [-0.2, -0.15) is 0 Å². The summed E-state index contributed by atoms with van der Waals surface area (Å²) in [6, 6.07) is 27.3. The fraction of sp³-hybridized carbons (Fsp3) is 0.361. The lowest BCUT2D eigenvalue weighted by Gasteiger charge is -2.43. The fourth-order valence-electron chi connectivity index (χ4n) is 6.85. The molecule has 1 fully saturated rings. The maximum Gasteiger partial charge on any atom is 0.336 e. The summed E-state index contributed by atoms with van der Waals surface area (Å²) in [5, 5.41) is 11.2. The molecule has 1 saturated heterocycles. The zero-order chi connectivity index (χ0) is 32.0. The van der Waals surface area contributed by atoms with Gasteiger partial charge in [-0.05, 0) is 62.9 Å². The third kappa shape index (κ3) is 7.21. The van der Waals surface area contributed by atoms with E-state index in [1.165, 1.54) is 30.4 Å². The van der Waals surface area contributed by atoms with E-state index >= 15 is 0 Å². The number of nitro groups is 1. The Balaban J connectivity index is 0.00000480. The maximum atomic E-state index is 13.6. The van der Waals surface area contributed by atoms with Gasteiger partial charge < -0.3 is 14.4 Å². The number of hydrogen-bond donors (Lipinski definition) is 0. The summed E-state index contributed by atoms with van der Waals surface area (Å²) in [5.74, 6) is -2.68. The number of carbonyl (C=O) groups is 2. The first-order chi connectivity index (χ1) is 21.7. The summed E-state index contributed by atoms with van der Waals surface area (Å²) >= 11 is 0. The van der Waals surface area contributed by atoms with Crippen LogP contribution in [-0.2, 0) is 24.5 Å². The Morgan fingerprint density at radius 3 is 2.02 bits per heavy atom. The summed E-state index contributed by atoms with van der Waals surface area (Å²) in [4.78, 5) is 44.1. The number of nitro benzene ring substituents is 1. The number of rotatable bonds is 10. The van der Waals surface area contributed by atoms with E-state index < -0.39 is 28.7 Å². The Hall–Kier alpha value is -4.34. The number of halogens is 1. The van der Waals surface area contributed by atoms with Gasteiger partial charge in [-0.25, -0.2) is 4.79 Å². The number of piperidine rings is 1. The largest absolute Gasteiger partial charge is 0.468 e. The van der Waals surface area contributed by atoms with Crippen molar-refractivity contribution in [2.45, 2.75) is 44.4 Å². The molecule has 0 amide bonds. The molecule has 0 aliphatic carbocycles. The molecule has 0 N–H and O–H groups in total. The number of carbonyl (C=O) groups excluding carboxylic acids is 2. The molecular formula is C36H40ClN3O6. The molecule has 2 unspecified atom stereocenters. The average molecular weight is 646 g/mol. The van der Waals surface area contributed by atoms with Crippen LogP contribution < -0.4 is 0 Å². The van der Waals surface area contributed by atoms with Gasteiger partial charge in [0.15, 0.2) is 0 Å². The molecule has 0 saturated carbocycles.